The lowest BCUT2D eigenvalue weighted by atomic mass is 10.1. The molecule has 0 amide bonds. The van der Waals surface area contributed by atoms with Crippen molar-refractivity contribution >= 4 is 6.29 Å². The van der Waals surface area contributed by atoms with Crippen LogP contribution in [0.1, 0.15) is 29.4 Å². The first kappa shape index (κ1) is 7.98. The van der Waals surface area contributed by atoms with Crippen LogP contribution >= 0.6 is 0 Å². The van der Waals surface area contributed by atoms with E-state index < -0.39 is 0 Å². The van der Waals surface area contributed by atoms with Crippen LogP contribution in [-0.2, 0) is 13.5 Å². The standard InChI is InChI=1S/C8H12N2O/c1-3-4-7-5-9-10(2)8(7)6-11/h5-6H,3-4H2,1-2H3. The highest BCUT2D eigenvalue weighted by Crippen LogP contribution is 2.06. The van der Waals surface area contributed by atoms with E-state index in [2.05, 4.69) is 12.0 Å². The van der Waals surface area contributed by atoms with Crippen molar-refractivity contribution in [1.29, 1.82) is 0 Å². The van der Waals surface area contributed by atoms with Gasteiger partial charge in [0.05, 0.1) is 6.20 Å². The fourth-order valence-corrected chi connectivity index (χ4v) is 1.11. The Morgan fingerprint density at radius 1 is 1.73 bits per heavy atom. The van der Waals surface area contributed by atoms with Gasteiger partial charge in [0.2, 0.25) is 0 Å². The largest absolute Gasteiger partial charge is 0.296 e. The van der Waals surface area contributed by atoms with Gasteiger partial charge in [0.1, 0.15) is 5.69 Å². The first-order valence-electron chi connectivity index (χ1n) is 3.75. The molecule has 0 aliphatic heterocycles. The molecule has 0 N–H and O–H groups in total. The molecule has 3 nitrogen and oxygen atoms in total. The fraction of sp³-hybridized carbons (Fsp3) is 0.500. The summed E-state index contributed by atoms with van der Waals surface area (Å²) in [7, 11) is 1.78. The Kier molecular flexibility index (Phi) is 2.41. The Balaban J connectivity index is 2.95. The predicted octanol–water partition coefficient (Wildman–Crippen LogP) is 1.19. The molecular weight excluding hydrogens is 140 g/mol. The number of aldehydes is 1. The lowest BCUT2D eigenvalue weighted by Gasteiger charge is -1.94. The summed E-state index contributed by atoms with van der Waals surface area (Å²) in [5, 5.41) is 3.99. The fourth-order valence-electron chi connectivity index (χ4n) is 1.11. The third-order valence-electron chi connectivity index (χ3n) is 1.70. The maximum Gasteiger partial charge on any atom is 0.168 e. The van der Waals surface area contributed by atoms with Crippen LogP contribution in [0.3, 0.4) is 0 Å². The molecule has 1 aromatic heterocycles. The summed E-state index contributed by atoms with van der Waals surface area (Å²) < 4.78 is 1.61. The summed E-state index contributed by atoms with van der Waals surface area (Å²) in [5.41, 5.74) is 1.75. The van der Waals surface area contributed by atoms with Crippen molar-refractivity contribution in [2.75, 3.05) is 0 Å². The number of hydrogen-bond acceptors (Lipinski definition) is 2. The normalized spacial score (nSPS) is 10.0. The third-order valence-corrected chi connectivity index (χ3v) is 1.70. The number of aromatic nitrogens is 2. The number of hydrogen-bond donors (Lipinski definition) is 0. The Bertz CT molecular complexity index is 253. The number of carbonyl (C=O) groups is 1. The summed E-state index contributed by atoms with van der Waals surface area (Å²) >= 11 is 0. The number of aryl methyl sites for hydroxylation is 2. The quantitative estimate of drug-likeness (QED) is 0.610. The Labute approximate surface area is 66.0 Å². The molecule has 0 saturated heterocycles. The van der Waals surface area contributed by atoms with Crippen molar-refractivity contribution in [1.82, 2.24) is 9.78 Å². The third kappa shape index (κ3) is 1.48. The van der Waals surface area contributed by atoms with Crippen molar-refractivity contribution < 1.29 is 4.79 Å². The SMILES string of the molecule is CCCc1cnn(C)c1C=O. The zero-order valence-electron chi connectivity index (χ0n) is 6.87. The first-order valence-corrected chi connectivity index (χ1v) is 3.75. The highest BCUT2D eigenvalue weighted by atomic mass is 16.1. The summed E-state index contributed by atoms with van der Waals surface area (Å²) in [6, 6.07) is 0. The topological polar surface area (TPSA) is 34.9 Å². The van der Waals surface area contributed by atoms with Crippen LogP contribution in [0.4, 0.5) is 0 Å². The maximum atomic E-state index is 10.5. The van der Waals surface area contributed by atoms with Gasteiger partial charge in [-0.05, 0) is 6.42 Å². The zero-order chi connectivity index (χ0) is 8.27. The molecule has 0 radical (unpaired) electrons. The molecule has 0 spiro atoms. The smallest absolute Gasteiger partial charge is 0.168 e. The molecule has 0 aromatic carbocycles. The molecule has 1 rings (SSSR count). The molecule has 1 heterocycles. The minimum atomic E-state index is 0.701. The minimum absolute atomic E-state index is 0.701. The molecule has 0 fully saturated rings. The molecule has 0 atom stereocenters. The summed E-state index contributed by atoms with van der Waals surface area (Å²) in [6.45, 7) is 2.08. The van der Waals surface area contributed by atoms with E-state index >= 15 is 0 Å². The van der Waals surface area contributed by atoms with Gasteiger partial charge in [0.25, 0.3) is 0 Å². The van der Waals surface area contributed by atoms with Crippen LogP contribution in [0.5, 0.6) is 0 Å². The molecule has 3 heteroatoms. The molecule has 0 unspecified atom stereocenters. The van der Waals surface area contributed by atoms with Gasteiger partial charge in [-0.3, -0.25) is 9.48 Å². The molecule has 1 aromatic rings. The van der Waals surface area contributed by atoms with Crippen molar-refractivity contribution in [3.63, 3.8) is 0 Å². The van der Waals surface area contributed by atoms with Crippen LogP contribution in [0.2, 0.25) is 0 Å². The zero-order valence-corrected chi connectivity index (χ0v) is 6.87. The van der Waals surface area contributed by atoms with Crippen molar-refractivity contribution in [2.45, 2.75) is 19.8 Å². The van der Waals surface area contributed by atoms with E-state index in [4.69, 9.17) is 0 Å². The molecule has 0 aliphatic carbocycles. The van der Waals surface area contributed by atoms with Crippen molar-refractivity contribution in [2.24, 2.45) is 7.05 Å². The van der Waals surface area contributed by atoms with Crippen LogP contribution in [-0.4, -0.2) is 16.1 Å². The van der Waals surface area contributed by atoms with Gasteiger partial charge < -0.3 is 0 Å². The highest BCUT2D eigenvalue weighted by molar-refractivity contribution is 5.74. The number of carbonyl (C=O) groups excluding carboxylic acids is 1. The second kappa shape index (κ2) is 3.32. The molecule has 0 aliphatic rings. The average Bonchev–Trinajstić information content (AvgIpc) is 2.33. The van der Waals surface area contributed by atoms with E-state index in [-0.39, 0.29) is 0 Å². The van der Waals surface area contributed by atoms with Crippen molar-refractivity contribution in [3.05, 3.63) is 17.5 Å². The molecule has 0 bridgehead atoms. The van der Waals surface area contributed by atoms with E-state index in [1.807, 2.05) is 0 Å². The maximum absolute atomic E-state index is 10.5. The highest BCUT2D eigenvalue weighted by Gasteiger charge is 2.04. The van der Waals surface area contributed by atoms with Gasteiger partial charge in [0, 0.05) is 12.6 Å². The monoisotopic (exact) mass is 152 g/mol. The van der Waals surface area contributed by atoms with Crippen LogP contribution in [0.15, 0.2) is 6.20 Å². The van der Waals surface area contributed by atoms with E-state index in [0.29, 0.717) is 5.69 Å². The van der Waals surface area contributed by atoms with E-state index in [0.717, 1.165) is 24.7 Å². The van der Waals surface area contributed by atoms with Crippen LogP contribution in [0, 0.1) is 0 Å². The second-order valence-electron chi connectivity index (χ2n) is 2.55. The van der Waals surface area contributed by atoms with Crippen molar-refractivity contribution in [3.8, 4) is 0 Å². The van der Waals surface area contributed by atoms with E-state index in [9.17, 15) is 4.79 Å². The second-order valence-corrected chi connectivity index (χ2v) is 2.55. The van der Waals surface area contributed by atoms with Crippen LogP contribution in [0.25, 0.3) is 0 Å². The lowest BCUT2D eigenvalue weighted by Crippen LogP contribution is -1.98. The molecule has 0 saturated carbocycles. The summed E-state index contributed by atoms with van der Waals surface area (Å²) in [6.07, 6.45) is 4.60. The first-order chi connectivity index (χ1) is 5.29. The Morgan fingerprint density at radius 3 is 3.00 bits per heavy atom. The van der Waals surface area contributed by atoms with Gasteiger partial charge in [-0.25, -0.2) is 0 Å². The summed E-state index contributed by atoms with van der Waals surface area (Å²) in [4.78, 5) is 10.5. The predicted molar refractivity (Wildman–Crippen MR) is 42.6 cm³/mol. The van der Waals surface area contributed by atoms with Gasteiger partial charge in [-0.15, -0.1) is 0 Å². The van der Waals surface area contributed by atoms with Gasteiger partial charge in [0.15, 0.2) is 6.29 Å². The Morgan fingerprint density at radius 2 is 2.45 bits per heavy atom. The van der Waals surface area contributed by atoms with Gasteiger partial charge >= 0.3 is 0 Å². The number of nitrogens with zero attached hydrogens (tertiary/aromatic N) is 2. The Hall–Kier alpha value is -1.12. The van der Waals surface area contributed by atoms with Gasteiger partial charge in [-0.2, -0.15) is 5.10 Å². The van der Waals surface area contributed by atoms with E-state index in [1.165, 1.54) is 0 Å². The van der Waals surface area contributed by atoms with E-state index in [1.54, 1.807) is 17.9 Å². The molecule has 60 valence electrons. The minimum Gasteiger partial charge on any atom is -0.296 e. The number of rotatable bonds is 3. The molecule has 11 heavy (non-hydrogen) atoms. The average molecular weight is 152 g/mol. The molecular formula is C8H12N2O. The van der Waals surface area contributed by atoms with Gasteiger partial charge in [-0.1, -0.05) is 13.3 Å². The lowest BCUT2D eigenvalue weighted by molar-refractivity contribution is 0.111. The van der Waals surface area contributed by atoms with Crippen LogP contribution < -0.4 is 0 Å². The summed E-state index contributed by atoms with van der Waals surface area (Å²) in [5.74, 6) is 0.